The Balaban J connectivity index is 0. The number of allylic oxidation sites excluding steroid dienone is 2. The maximum Gasteiger partial charge on any atom is -0.0351 e. The topological polar surface area (TPSA) is 0 Å². The van der Waals surface area contributed by atoms with Crippen LogP contribution in [0, 0.1) is 0 Å². The van der Waals surface area contributed by atoms with Gasteiger partial charge in [-0.05, 0) is 19.3 Å². The molecule has 0 atom stereocenters. The van der Waals surface area contributed by atoms with Crippen molar-refractivity contribution in [1.29, 1.82) is 0 Å². The largest absolute Gasteiger partial charge is 0.107 e. The Morgan fingerprint density at radius 1 is 0.750 bits per heavy atom. The Bertz CT molecular complexity index is 87.0. The normalized spacial score (nSPS) is 10.2. The van der Waals surface area contributed by atoms with Gasteiger partial charge in [0, 0.05) is 0 Å². The molecule has 0 aliphatic rings. The highest BCUT2D eigenvalue weighted by Crippen LogP contribution is 2.03. The summed E-state index contributed by atoms with van der Waals surface area (Å²) in [4.78, 5) is 0. The van der Waals surface area contributed by atoms with E-state index in [4.69, 9.17) is 0 Å². The molecule has 0 heterocycles. The standard InChI is InChI=1S/C11H22.HI/c1-3-5-7-9-11-10-8-6-4-2;/h7,9H,3-6,8,10-11H2,1-2H3;1H/b9-7-;. The summed E-state index contributed by atoms with van der Waals surface area (Å²) in [6.07, 6.45) is 14.0. The first kappa shape index (κ1) is 15.0. The Morgan fingerprint density at radius 3 is 2.00 bits per heavy atom. The van der Waals surface area contributed by atoms with Gasteiger partial charge < -0.3 is 0 Å². The van der Waals surface area contributed by atoms with Crippen molar-refractivity contribution in [3.05, 3.63) is 12.2 Å². The van der Waals surface area contributed by atoms with Gasteiger partial charge in [-0.25, -0.2) is 0 Å². The molecule has 0 aromatic heterocycles. The van der Waals surface area contributed by atoms with E-state index >= 15 is 0 Å². The molecule has 0 spiro atoms. The Kier molecular flexibility index (Phi) is 17.5. The van der Waals surface area contributed by atoms with Crippen LogP contribution in [0.2, 0.25) is 0 Å². The highest BCUT2D eigenvalue weighted by molar-refractivity contribution is 14.0. The van der Waals surface area contributed by atoms with E-state index in [9.17, 15) is 0 Å². The van der Waals surface area contributed by atoms with Crippen LogP contribution in [0.15, 0.2) is 12.2 Å². The van der Waals surface area contributed by atoms with Gasteiger partial charge in [-0.2, -0.15) is 0 Å². The number of rotatable bonds is 7. The summed E-state index contributed by atoms with van der Waals surface area (Å²) in [5, 5.41) is 0. The lowest BCUT2D eigenvalue weighted by atomic mass is 10.1. The summed E-state index contributed by atoms with van der Waals surface area (Å²) >= 11 is 0. The zero-order valence-electron chi connectivity index (χ0n) is 8.51. The highest BCUT2D eigenvalue weighted by atomic mass is 127. The molecule has 0 aliphatic carbocycles. The lowest BCUT2D eigenvalue weighted by molar-refractivity contribution is 0.673. The number of halogens is 1. The van der Waals surface area contributed by atoms with Crippen molar-refractivity contribution in [2.45, 2.75) is 58.8 Å². The highest BCUT2D eigenvalue weighted by Gasteiger charge is 1.83. The average molecular weight is 282 g/mol. The van der Waals surface area contributed by atoms with Crippen molar-refractivity contribution >= 4 is 24.0 Å². The molecule has 0 nitrogen and oxygen atoms in total. The molecule has 1 heteroatoms. The molecule has 0 amide bonds. The second-order valence-electron chi connectivity index (χ2n) is 3.11. The molecule has 12 heavy (non-hydrogen) atoms. The monoisotopic (exact) mass is 282 g/mol. The second kappa shape index (κ2) is 14.0. The Labute approximate surface area is 94.8 Å². The summed E-state index contributed by atoms with van der Waals surface area (Å²) in [7, 11) is 0. The molecule has 0 aromatic carbocycles. The number of hydrogen-bond acceptors (Lipinski definition) is 0. The third kappa shape index (κ3) is 13.1. The van der Waals surface area contributed by atoms with Gasteiger partial charge >= 0.3 is 0 Å². The first-order valence-corrected chi connectivity index (χ1v) is 5.06. The molecule has 0 N–H and O–H groups in total. The Morgan fingerprint density at radius 2 is 1.42 bits per heavy atom. The van der Waals surface area contributed by atoms with E-state index in [2.05, 4.69) is 26.0 Å². The van der Waals surface area contributed by atoms with Crippen LogP contribution in [0.3, 0.4) is 0 Å². The van der Waals surface area contributed by atoms with E-state index in [-0.39, 0.29) is 24.0 Å². The molecule has 0 rings (SSSR count). The van der Waals surface area contributed by atoms with Crippen LogP contribution in [0.25, 0.3) is 0 Å². The predicted octanol–water partition coefficient (Wildman–Crippen LogP) is 4.93. The van der Waals surface area contributed by atoms with Crippen LogP contribution < -0.4 is 0 Å². The van der Waals surface area contributed by atoms with Crippen LogP contribution >= 0.6 is 24.0 Å². The molecule has 0 aliphatic heterocycles. The summed E-state index contributed by atoms with van der Waals surface area (Å²) in [5.41, 5.74) is 0. The van der Waals surface area contributed by atoms with Gasteiger partial charge in [0.2, 0.25) is 0 Å². The van der Waals surface area contributed by atoms with E-state index in [1.165, 1.54) is 44.9 Å². The van der Waals surface area contributed by atoms with E-state index in [0.29, 0.717) is 0 Å². The van der Waals surface area contributed by atoms with Gasteiger partial charge in [0.1, 0.15) is 0 Å². The Hall–Kier alpha value is 0.470. The van der Waals surface area contributed by atoms with Crippen molar-refractivity contribution in [3.63, 3.8) is 0 Å². The van der Waals surface area contributed by atoms with Gasteiger partial charge in [-0.15, -0.1) is 24.0 Å². The van der Waals surface area contributed by atoms with Gasteiger partial charge in [-0.3, -0.25) is 0 Å². The number of unbranched alkanes of at least 4 members (excludes halogenated alkanes) is 5. The van der Waals surface area contributed by atoms with Crippen molar-refractivity contribution in [2.24, 2.45) is 0 Å². The van der Waals surface area contributed by atoms with E-state index in [0.717, 1.165) is 0 Å². The third-order valence-corrected chi connectivity index (χ3v) is 1.85. The molecule has 0 fully saturated rings. The van der Waals surface area contributed by atoms with Crippen LogP contribution in [0.1, 0.15) is 58.8 Å². The molecule has 0 saturated carbocycles. The lowest BCUT2D eigenvalue weighted by Crippen LogP contribution is -1.73. The van der Waals surface area contributed by atoms with Crippen LogP contribution in [0.4, 0.5) is 0 Å². The van der Waals surface area contributed by atoms with E-state index in [1.807, 2.05) is 0 Å². The fraction of sp³-hybridized carbons (Fsp3) is 0.818. The summed E-state index contributed by atoms with van der Waals surface area (Å²) < 4.78 is 0. The molecular formula is C11H23I. The predicted molar refractivity (Wildman–Crippen MR) is 68.2 cm³/mol. The van der Waals surface area contributed by atoms with E-state index in [1.54, 1.807) is 0 Å². The van der Waals surface area contributed by atoms with Crippen molar-refractivity contribution < 1.29 is 0 Å². The zero-order chi connectivity index (χ0) is 8.36. The van der Waals surface area contributed by atoms with Crippen molar-refractivity contribution in [2.75, 3.05) is 0 Å². The van der Waals surface area contributed by atoms with E-state index < -0.39 is 0 Å². The fourth-order valence-electron chi connectivity index (χ4n) is 1.09. The first-order chi connectivity index (χ1) is 5.41. The van der Waals surface area contributed by atoms with Gasteiger partial charge in [-0.1, -0.05) is 51.7 Å². The maximum absolute atomic E-state index is 2.33. The molecule has 0 aromatic rings. The second-order valence-corrected chi connectivity index (χ2v) is 3.11. The van der Waals surface area contributed by atoms with Crippen LogP contribution in [0.5, 0.6) is 0 Å². The minimum absolute atomic E-state index is 0. The molecule has 74 valence electrons. The quantitative estimate of drug-likeness (QED) is 0.353. The summed E-state index contributed by atoms with van der Waals surface area (Å²) in [6, 6.07) is 0. The van der Waals surface area contributed by atoms with Gasteiger partial charge in [0.25, 0.3) is 0 Å². The first-order valence-electron chi connectivity index (χ1n) is 5.06. The van der Waals surface area contributed by atoms with Gasteiger partial charge in [0.15, 0.2) is 0 Å². The zero-order valence-corrected chi connectivity index (χ0v) is 10.8. The average Bonchev–Trinajstić information content (AvgIpc) is 2.03. The SMILES string of the molecule is CCC/C=C\CCCCCC.I. The summed E-state index contributed by atoms with van der Waals surface area (Å²) in [6.45, 7) is 4.48. The third-order valence-electron chi connectivity index (χ3n) is 1.85. The van der Waals surface area contributed by atoms with Crippen molar-refractivity contribution in [1.82, 2.24) is 0 Å². The minimum atomic E-state index is 0. The van der Waals surface area contributed by atoms with Crippen LogP contribution in [-0.2, 0) is 0 Å². The van der Waals surface area contributed by atoms with Gasteiger partial charge in [0.05, 0.1) is 0 Å². The molecule has 0 radical (unpaired) electrons. The molecule has 0 saturated heterocycles. The summed E-state index contributed by atoms with van der Waals surface area (Å²) in [5.74, 6) is 0. The van der Waals surface area contributed by atoms with Crippen LogP contribution in [-0.4, -0.2) is 0 Å². The minimum Gasteiger partial charge on any atom is -0.107 e. The fourth-order valence-corrected chi connectivity index (χ4v) is 1.09. The molecule has 0 unspecified atom stereocenters. The van der Waals surface area contributed by atoms with Crippen molar-refractivity contribution in [3.8, 4) is 0 Å². The smallest absolute Gasteiger partial charge is 0.0351 e. The molecular weight excluding hydrogens is 259 g/mol. The molecule has 0 bridgehead atoms. The maximum atomic E-state index is 2.33. The lowest BCUT2D eigenvalue weighted by Gasteiger charge is -1.93. The number of hydrogen-bond donors (Lipinski definition) is 0.